The Hall–Kier alpha value is -2.84. The smallest absolute Gasteiger partial charge is 0.252 e. The predicted molar refractivity (Wildman–Crippen MR) is 121 cm³/mol. The highest BCUT2D eigenvalue weighted by Crippen LogP contribution is 2.30. The molecular formula is C22H23ClN4O3S. The number of aryl methyl sites for hydroxylation is 2. The van der Waals surface area contributed by atoms with E-state index in [0.717, 1.165) is 17.5 Å². The van der Waals surface area contributed by atoms with Crippen LogP contribution in [0.3, 0.4) is 0 Å². The Morgan fingerprint density at radius 1 is 1.19 bits per heavy atom. The van der Waals surface area contributed by atoms with Gasteiger partial charge in [-0.2, -0.15) is 0 Å². The van der Waals surface area contributed by atoms with Gasteiger partial charge in [-0.25, -0.2) is 13.4 Å². The van der Waals surface area contributed by atoms with Crippen LogP contribution in [0.5, 0.6) is 0 Å². The van der Waals surface area contributed by atoms with Crippen LogP contribution in [0, 0.1) is 0 Å². The lowest BCUT2D eigenvalue weighted by Crippen LogP contribution is -2.35. The minimum atomic E-state index is -3.35. The molecule has 2 aromatic carbocycles. The van der Waals surface area contributed by atoms with E-state index in [4.69, 9.17) is 11.6 Å². The van der Waals surface area contributed by atoms with Crippen LogP contribution in [0.2, 0.25) is 5.02 Å². The number of nitrogens with one attached hydrogen (secondary N) is 1. The number of hydrogen-bond donors (Lipinski definition) is 1. The molecule has 1 aromatic heterocycles. The van der Waals surface area contributed by atoms with Gasteiger partial charge in [0.15, 0.2) is 0 Å². The van der Waals surface area contributed by atoms with Crippen LogP contribution in [0.15, 0.2) is 54.9 Å². The number of nitrogens with zero attached hydrogens (tertiary/aromatic N) is 3. The van der Waals surface area contributed by atoms with Crippen molar-refractivity contribution in [2.45, 2.75) is 18.9 Å². The number of rotatable bonds is 5. The second kappa shape index (κ2) is 8.36. The Kier molecular flexibility index (Phi) is 5.77. The molecule has 0 fully saturated rings. The molecule has 3 aromatic rings. The fourth-order valence-electron chi connectivity index (χ4n) is 3.87. The molecule has 1 aliphatic rings. The van der Waals surface area contributed by atoms with Crippen molar-refractivity contribution in [1.82, 2.24) is 14.9 Å². The SMILES string of the molecule is Cn1ccnc1[C@H](NC(=O)c1ccc2c(c1)CCCN2S(C)(=O)=O)c1ccc(Cl)cc1. The van der Waals surface area contributed by atoms with E-state index in [1.165, 1.54) is 10.6 Å². The van der Waals surface area contributed by atoms with Crippen molar-refractivity contribution in [2.75, 3.05) is 17.1 Å². The summed E-state index contributed by atoms with van der Waals surface area (Å²) < 4.78 is 27.4. The van der Waals surface area contributed by atoms with Gasteiger partial charge in [-0.15, -0.1) is 0 Å². The summed E-state index contributed by atoms with van der Waals surface area (Å²) >= 11 is 6.03. The van der Waals surface area contributed by atoms with Crippen molar-refractivity contribution >= 4 is 33.2 Å². The van der Waals surface area contributed by atoms with Crippen LogP contribution in [0.1, 0.15) is 39.8 Å². The number of anilines is 1. The van der Waals surface area contributed by atoms with Gasteiger partial charge in [-0.1, -0.05) is 23.7 Å². The van der Waals surface area contributed by atoms with Crippen molar-refractivity contribution in [1.29, 1.82) is 0 Å². The maximum absolute atomic E-state index is 13.2. The minimum Gasteiger partial charge on any atom is -0.338 e. The summed E-state index contributed by atoms with van der Waals surface area (Å²) in [5.74, 6) is 0.430. The van der Waals surface area contributed by atoms with Gasteiger partial charge in [0.2, 0.25) is 10.0 Å². The molecule has 9 heteroatoms. The number of halogens is 1. The zero-order chi connectivity index (χ0) is 22.2. The van der Waals surface area contributed by atoms with Gasteiger partial charge >= 0.3 is 0 Å². The predicted octanol–water partition coefficient (Wildman–Crippen LogP) is 3.31. The lowest BCUT2D eigenvalue weighted by atomic mass is 10.00. The highest BCUT2D eigenvalue weighted by atomic mass is 35.5. The van der Waals surface area contributed by atoms with Gasteiger partial charge in [-0.3, -0.25) is 9.10 Å². The van der Waals surface area contributed by atoms with E-state index in [0.29, 0.717) is 35.1 Å². The number of hydrogen-bond acceptors (Lipinski definition) is 4. The van der Waals surface area contributed by atoms with Crippen LogP contribution in [-0.4, -0.2) is 36.7 Å². The van der Waals surface area contributed by atoms with E-state index in [2.05, 4.69) is 10.3 Å². The fraction of sp³-hybridized carbons (Fsp3) is 0.273. The van der Waals surface area contributed by atoms with Gasteiger partial charge in [0.1, 0.15) is 11.9 Å². The second-order valence-corrected chi connectivity index (χ2v) is 9.98. The number of carbonyl (C=O) groups excluding carboxylic acids is 1. The van der Waals surface area contributed by atoms with Crippen LogP contribution >= 0.6 is 11.6 Å². The van der Waals surface area contributed by atoms with Gasteiger partial charge in [0, 0.05) is 36.6 Å². The van der Waals surface area contributed by atoms with Crippen LogP contribution in [0.4, 0.5) is 5.69 Å². The van der Waals surface area contributed by atoms with Gasteiger partial charge in [-0.05, 0) is 54.3 Å². The molecule has 1 aliphatic heterocycles. The summed E-state index contributed by atoms with van der Waals surface area (Å²) in [5, 5.41) is 3.67. The monoisotopic (exact) mass is 458 g/mol. The number of amides is 1. The van der Waals surface area contributed by atoms with Crippen molar-refractivity contribution in [3.05, 3.63) is 82.4 Å². The molecule has 0 aliphatic carbocycles. The standard InChI is InChI=1S/C22H23ClN4O3S/c1-26-13-11-24-21(26)20(15-5-8-18(23)9-6-15)25-22(28)17-7-10-19-16(14-17)4-3-12-27(19)31(2,29)30/h5-11,13-14,20H,3-4,12H2,1-2H3,(H,25,28)/t20-/m1/s1. The van der Waals surface area contributed by atoms with Crippen LogP contribution < -0.4 is 9.62 Å². The number of carbonyl (C=O) groups is 1. The van der Waals surface area contributed by atoms with Gasteiger partial charge < -0.3 is 9.88 Å². The zero-order valence-corrected chi connectivity index (χ0v) is 18.8. The topological polar surface area (TPSA) is 84.3 Å². The van der Waals surface area contributed by atoms with E-state index in [1.54, 1.807) is 36.5 Å². The highest BCUT2D eigenvalue weighted by molar-refractivity contribution is 7.92. The Morgan fingerprint density at radius 2 is 1.94 bits per heavy atom. The maximum Gasteiger partial charge on any atom is 0.252 e. The van der Waals surface area contributed by atoms with Crippen molar-refractivity contribution in [3.63, 3.8) is 0 Å². The van der Waals surface area contributed by atoms with E-state index < -0.39 is 16.1 Å². The highest BCUT2D eigenvalue weighted by Gasteiger charge is 2.26. The summed E-state index contributed by atoms with van der Waals surface area (Å²) in [7, 11) is -1.48. The number of sulfonamides is 1. The molecule has 4 rings (SSSR count). The average Bonchev–Trinajstić information content (AvgIpc) is 3.16. The number of imidazole rings is 1. The van der Waals surface area contributed by atoms with Crippen LogP contribution in [0.25, 0.3) is 0 Å². The molecule has 0 radical (unpaired) electrons. The normalized spacial score (nSPS) is 14.7. The first-order valence-electron chi connectivity index (χ1n) is 9.88. The maximum atomic E-state index is 13.2. The molecule has 0 saturated carbocycles. The number of benzene rings is 2. The fourth-order valence-corrected chi connectivity index (χ4v) is 4.99. The lowest BCUT2D eigenvalue weighted by Gasteiger charge is -2.29. The van der Waals surface area contributed by atoms with Crippen LogP contribution in [-0.2, 0) is 23.5 Å². The third kappa shape index (κ3) is 4.45. The molecule has 1 atom stereocenters. The van der Waals surface area contributed by atoms with E-state index in [9.17, 15) is 13.2 Å². The molecule has 0 spiro atoms. The minimum absolute atomic E-state index is 0.262. The molecular weight excluding hydrogens is 436 g/mol. The molecule has 0 bridgehead atoms. The third-order valence-corrected chi connectivity index (χ3v) is 6.85. The third-order valence-electron chi connectivity index (χ3n) is 5.41. The summed E-state index contributed by atoms with van der Waals surface area (Å²) in [4.78, 5) is 17.6. The summed E-state index contributed by atoms with van der Waals surface area (Å²) in [6, 6.07) is 12.0. The summed E-state index contributed by atoms with van der Waals surface area (Å²) in [5.41, 5.74) is 2.82. The van der Waals surface area contributed by atoms with Gasteiger partial charge in [0.25, 0.3) is 5.91 Å². The zero-order valence-electron chi connectivity index (χ0n) is 17.2. The molecule has 0 saturated heterocycles. The Balaban J connectivity index is 1.65. The van der Waals surface area contributed by atoms with Gasteiger partial charge in [0.05, 0.1) is 11.9 Å². The first kappa shape index (κ1) is 21.4. The molecule has 162 valence electrons. The Bertz CT molecular complexity index is 1220. The summed E-state index contributed by atoms with van der Waals surface area (Å²) in [6.45, 7) is 0.454. The lowest BCUT2D eigenvalue weighted by molar-refractivity contribution is 0.0941. The van der Waals surface area contributed by atoms with Crippen molar-refractivity contribution < 1.29 is 13.2 Å². The first-order valence-corrected chi connectivity index (χ1v) is 12.1. The largest absolute Gasteiger partial charge is 0.338 e. The molecule has 0 unspecified atom stereocenters. The molecule has 7 nitrogen and oxygen atoms in total. The number of fused-ring (bicyclic) bond motifs is 1. The molecule has 1 N–H and O–H groups in total. The molecule has 31 heavy (non-hydrogen) atoms. The Labute approximate surface area is 186 Å². The van der Waals surface area contributed by atoms with E-state index >= 15 is 0 Å². The van der Waals surface area contributed by atoms with Crippen molar-refractivity contribution in [3.8, 4) is 0 Å². The van der Waals surface area contributed by atoms with Crippen molar-refractivity contribution in [2.24, 2.45) is 7.05 Å². The molecule has 2 heterocycles. The quantitative estimate of drug-likeness (QED) is 0.635. The van der Waals surface area contributed by atoms with E-state index in [1.807, 2.05) is 29.9 Å². The average molecular weight is 459 g/mol. The number of aromatic nitrogens is 2. The van der Waals surface area contributed by atoms with E-state index in [-0.39, 0.29) is 5.91 Å². The first-order chi connectivity index (χ1) is 14.7. The summed E-state index contributed by atoms with van der Waals surface area (Å²) in [6.07, 6.45) is 6.15. The molecule has 1 amide bonds. The Morgan fingerprint density at radius 3 is 2.58 bits per heavy atom. The second-order valence-electron chi connectivity index (χ2n) is 7.64.